The van der Waals surface area contributed by atoms with Gasteiger partial charge in [0.05, 0.1) is 26.4 Å². The van der Waals surface area contributed by atoms with Crippen molar-refractivity contribution in [2.45, 2.75) is 44.6 Å². The Hall–Kier alpha value is -3.06. The minimum atomic E-state index is -1.19. The molecule has 3 nitrogen and oxygen atoms in total. The standard InChI is InChI=1S/C28H30F4O3/c1-5-34-18(3)26(30)25(29)17(2)16-35-22-12-8-20(9-13-22)24-15-14-23(27(31)28(24)32)19-6-10-21(33-4)11-7-19/h6-7,10-11,14-15,20,22H,2-3,5,8-9,12-13,16H2,1,4H3/b26-25-. The van der Waals surface area contributed by atoms with Gasteiger partial charge < -0.3 is 14.2 Å². The molecule has 1 saturated carbocycles. The molecule has 0 atom stereocenters. The van der Waals surface area contributed by atoms with Crippen molar-refractivity contribution in [2.75, 3.05) is 20.3 Å². The van der Waals surface area contributed by atoms with Gasteiger partial charge in [-0.3, -0.25) is 0 Å². The number of hydrogen-bond donors (Lipinski definition) is 0. The van der Waals surface area contributed by atoms with Crippen molar-refractivity contribution in [3.05, 3.63) is 89.7 Å². The molecule has 35 heavy (non-hydrogen) atoms. The average Bonchev–Trinajstić information content (AvgIpc) is 2.88. The zero-order valence-electron chi connectivity index (χ0n) is 20.0. The van der Waals surface area contributed by atoms with Crippen LogP contribution in [0.5, 0.6) is 5.75 Å². The molecule has 0 unspecified atom stereocenters. The Balaban J connectivity index is 1.58. The largest absolute Gasteiger partial charge is 0.497 e. The SMILES string of the molecule is C=C(COC1CCC(c2ccc(-c3ccc(OC)cc3)c(F)c2F)CC1)/C(F)=C(/F)C(=C)OCC. The second kappa shape index (κ2) is 12.1. The molecule has 0 bridgehead atoms. The highest BCUT2D eigenvalue weighted by Crippen LogP contribution is 2.38. The normalized spacial score (nSPS) is 18.6. The molecule has 0 amide bonds. The summed E-state index contributed by atoms with van der Waals surface area (Å²) in [6.07, 6.45) is 2.13. The summed E-state index contributed by atoms with van der Waals surface area (Å²) < 4.78 is 73.7. The van der Waals surface area contributed by atoms with Crippen LogP contribution in [0.15, 0.2) is 72.5 Å². The Labute approximate surface area is 203 Å². The molecule has 0 spiro atoms. The Kier molecular flexibility index (Phi) is 9.15. The van der Waals surface area contributed by atoms with E-state index in [0.29, 0.717) is 42.6 Å². The Morgan fingerprint density at radius 1 is 0.914 bits per heavy atom. The quantitative estimate of drug-likeness (QED) is 0.192. The number of allylic oxidation sites excluding steroid dienone is 1. The molecule has 0 radical (unpaired) electrons. The van der Waals surface area contributed by atoms with E-state index in [1.54, 1.807) is 43.3 Å². The molecule has 1 aliphatic rings. The maximum Gasteiger partial charge on any atom is 0.200 e. The summed E-state index contributed by atoms with van der Waals surface area (Å²) in [6.45, 7) is 8.49. The molecule has 0 N–H and O–H groups in total. The van der Waals surface area contributed by atoms with Crippen molar-refractivity contribution >= 4 is 0 Å². The van der Waals surface area contributed by atoms with Crippen LogP contribution in [0.4, 0.5) is 17.6 Å². The van der Waals surface area contributed by atoms with Gasteiger partial charge in [0.2, 0.25) is 0 Å². The zero-order chi connectivity index (χ0) is 25.5. The maximum atomic E-state index is 15.0. The lowest BCUT2D eigenvalue weighted by molar-refractivity contribution is 0.0380. The Bertz CT molecular complexity index is 1080. The van der Waals surface area contributed by atoms with E-state index in [9.17, 15) is 17.6 Å². The van der Waals surface area contributed by atoms with Crippen LogP contribution in [-0.4, -0.2) is 26.4 Å². The molecular weight excluding hydrogens is 460 g/mol. The smallest absolute Gasteiger partial charge is 0.200 e. The van der Waals surface area contributed by atoms with Gasteiger partial charge in [0.1, 0.15) is 5.75 Å². The molecule has 0 heterocycles. The van der Waals surface area contributed by atoms with Crippen molar-refractivity contribution < 1.29 is 31.8 Å². The second-order valence-electron chi connectivity index (χ2n) is 8.43. The van der Waals surface area contributed by atoms with Gasteiger partial charge >= 0.3 is 0 Å². The highest BCUT2D eigenvalue weighted by Gasteiger charge is 2.27. The lowest BCUT2D eigenvalue weighted by Crippen LogP contribution is -2.22. The Morgan fingerprint density at radius 3 is 2.17 bits per heavy atom. The summed E-state index contributed by atoms with van der Waals surface area (Å²) in [5.74, 6) is -3.96. The Morgan fingerprint density at radius 2 is 1.57 bits per heavy atom. The summed E-state index contributed by atoms with van der Waals surface area (Å²) in [7, 11) is 1.54. The molecule has 1 fully saturated rings. The lowest BCUT2D eigenvalue weighted by Gasteiger charge is -2.29. The average molecular weight is 491 g/mol. The summed E-state index contributed by atoms with van der Waals surface area (Å²) in [4.78, 5) is 0. The summed E-state index contributed by atoms with van der Waals surface area (Å²) in [5.41, 5.74) is 0.952. The predicted molar refractivity (Wildman–Crippen MR) is 128 cm³/mol. The fourth-order valence-corrected chi connectivity index (χ4v) is 4.21. The molecule has 1 aliphatic carbocycles. The summed E-state index contributed by atoms with van der Waals surface area (Å²) in [5, 5.41) is 0. The first-order chi connectivity index (χ1) is 16.8. The van der Waals surface area contributed by atoms with Gasteiger partial charge in [0.25, 0.3) is 0 Å². The molecule has 3 rings (SSSR count). The van der Waals surface area contributed by atoms with E-state index in [2.05, 4.69) is 13.2 Å². The van der Waals surface area contributed by atoms with Gasteiger partial charge in [-0.2, -0.15) is 4.39 Å². The van der Waals surface area contributed by atoms with Gasteiger partial charge in [0.15, 0.2) is 29.0 Å². The van der Waals surface area contributed by atoms with Crippen molar-refractivity contribution in [3.8, 4) is 16.9 Å². The second-order valence-corrected chi connectivity index (χ2v) is 8.43. The molecule has 0 aromatic heterocycles. The fourth-order valence-electron chi connectivity index (χ4n) is 4.21. The lowest BCUT2D eigenvalue weighted by atomic mass is 9.82. The first-order valence-corrected chi connectivity index (χ1v) is 11.6. The topological polar surface area (TPSA) is 27.7 Å². The van der Waals surface area contributed by atoms with Gasteiger partial charge in [0, 0.05) is 11.1 Å². The first-order valence-electron chi connectivity index (χ1n) is 11.6. The molecular formula is C28H30F4O3. The van der Waals surface area contributed by atoms with Gasteiger partial charge in [-0.05, 0) is 61.8 Å². The molecule has 2 aromatic carbocycles. The summed E-state index contributed by atoms with van der Waals surface area (Å²) >= 11 is 0. The number of hydrogen-bond acceptors (Lipinski definition) is 3. The minimum Gasteiger partial charge on any atom is -0.497 e. The van der Waals surface area contributed by atoms with E-state index in [1.165, 1.54) is 7.11 Å². The molecule has 188 valence electrons. The summed E-state index contributed by atoms with van der Waals surface area (Å²) in [6, 6.07) is 10.00. The van der Waals surface area contributed by atoms with Crippen LogP contribution in [0.3, 0.4) is 0 Å². The van der Waals surface area contributed by atoms with Crippen molar-refractivity contribution in [1.29, 1.82) is 0 Å². The monoisotopic (exact) mass is 490 g/mol. The van der Waals surface area contributed by atoms with Crippen LogP contribution in [0.2, 0.25) is 0 Å². The van der Waals surface area contributed by atoms with Crippen LogP contribution < -0.4 is 4.74 Å². The molecule has 2 aromatic rings. The van der Waals surface area contributed by atoms with Crippen molar-refractivity contribution in [1.82, 2.24) is 0 Å². The van der Waals surface area contributed by atoms with Crippen molar-refractivity contribution in [2.24, 2.45) is 0 Å². The van der Waals surface area contributed by atoms with Crippen LogP contribution in [0.1, 0.15) is 44.1 Å². The molecule has 0 aliphatic heterocycles. The van der Waals surface area contributed by atoms with Crippen molar-refractivity contribution in [3.63, 3.8) is 0 Å². The van der Waals surface area contributed by atoms with Crippen LogP contribution in [-0.2, 0) is 9.47 Å². The van der Waals surface area contributed by atoms with E-state index in [-0.39, 0.29) is 42.1 Å². The number of halogens is 4. The highest BCUT2D eigenvalue weighted by molar-refractivity contribution is 5.65. The number of benzene rings is 2. The predicted octanol–water partition coefficient (Wildman–Crippen LogP) is 7.94. The zero-order valence-corrected chi connectivity index (χ0v) is 20.0. The maximum absolute atomic E-state index is 15.0. The number of methoxy groups -OCH3 is 1. The van der Waals surface area contributed by atoms with E-state index < -0.39 is 23.3 Å². The molecule has 7 heteroatoms. The third-order valence-corrected chi connectivity index (χ3v) is 6.19. The fraction of sp³-hybridized carbons (Fsp3) is 0.357. The number of rotatable bonds is 10. The first kappa shape index (κ1) is 26.5. The van der Waals surface area contributed by atoms with Gasteiger partial charge in [-0.1, -0.05) is 37.4 Å². The highest BCUT2D eigenvalue weighted by atomic mass is 19.2. The van der Waals surface area contributed by atoms with Crippen LogP contribution >= 0.6 is 0 Å². The van der Waals surface area contributed by atoms with Crippen LogP contribution in [0.25, 0.3) is 11.1 Å². The third-order valence-electron chi connectivity index (χ3n) is 6.19. The number of ether oxygens (including phenoxy) is 3. The minimum absolute atomic E-state index is 0.146. The van der Waals surface area contributed by atoms with Gasteiger partial charge in [-0.15, -0.1) is 0 Å². The van der Waals surface area contributed by atoms with E-state index in [1.807, 2.05) is 0 Å². The molecule has 0 saturated heterocycles. The van der Waals surface area contributed by atoms with E-state index >= 15 is 0 Å². The van der Waals surface area contributed by atoms with Gasteiger partial charge in [-0.25, -0.2) is 13.2 Å². The third kappa shape index (κ3) is 6.34. The van der Waals surface area contributed by atoms with E-state index in [0.717, 1.165) is 0 Å². The van der Waals surface area contributed by atoms with E-state index in [4.69, 9.17) is 14.2 Å². The van der Waals surface area contributed by atoms with Crippen LogP contribution in [0, 0.1) is 11.6 Å².